The lowest BCUT2D eigenvalue weighted by Gasteiger charge is -2.10. The van der Waals surface area contributed by atoms with Gasteiger partial charge in [0, 0.05) is 18.4 Å². The zero-order valence-corrected chi connectivity index (χ0v) is 16.4. The molecule has 28 heavy (non-hydrogen) atoms. The standard InChI is InChI=1S/C21H19N3O3S/c1-11-17-20(23-16-8-5-9-24(16)21(17)26)28-18(11)19(25)22-12(2)15-10-13-6-3-4-7-14(13)27-15/h3-4,6-7,10,12H,5,8-9H2,1-2H3,(H,22,25). The summed E-state index contributed by atoms with van der Waals surface area (Å²) in [5.74, 6) is 1.31. The summed E-state index contributed by atoms with van der Waals surface area (Å²) in [5, 5.41) is 4.56. The van der Waals surface area contributed by atoms with Crippen molar-refractivity contribution in [2.24, 2.45) is 0 Å². The van der Waals surface area contributed by atoms with Crippen LogP contribution in [0.1, 0.15) is 46.2 Å². The van der Waals surface area contributed by atoms with Gasteiger partial charge in [-0.2, -0.15) is 0 Å². The van der Waals surface area contributed by atoms with Gasteiger partial charge >= 0.3 is 0 Å². The molecule has 6 nitrogen and oxygen atoms in total. The van der Waals surface area contributed by atoms with Crippen molar-refractivity contribution in [3.63, 3.8) is 0 Å². The maximum Gasteiger partial charge on any atom is 0.262 e. The third-order valence-electron chi connectivity index (χ3n) is 5.34. The highest BCUT2D eigenvalue weighted by Gasteiger charge is 2.24. The Morgan fingerprint density at radius 1 is 1.36 bits per heavy atom. The summed E-state index contributed by atoms with van der Waals surface area (Å²) in [4.78, 5) is 31.5. The highest BCUT2D eigenvalue weighted by atomic mass is 32.1. The number of aromatic nitrogens is 2. The van der Waals surface area contributed by atoms with Gasteiger partial charge in [0.1, 0.15) is 22.0 Å². The molecule has 1 unspecified atom stereocenters. The van der Waals surface area contributed by atoms with E-state index in [9.17, 15) is 9.59 Å². The van der Waals surface area contributed by atoms with E-state index in [1.807, 2.05) is 44.2 Å². The fourth-order valence-corrected chi connectivity index (χ4v) is 4.93. The van der Waals surface area contributed by atoms with Gasteiger partial charge in [0.2, 0.25) is 0 Å². The number of carbonyl (C=O) groups is 1. The first kappa shape index (κ1) is 17.2. The van der Waals surface area contributed by atoms with Crippen molar-refractivity contribution in [2.45, 2.75) is 39.3 Å². The number of hydrogen-bond donors (Lipinski definition) is 1. The van der Waals surface area contributed by atoms with E-state index in [1.54, 1.807) is 4.57 Å². The minimum atomic E-state index is -0.288. The first-order valence-electron chi connectivity index (χ1n) is 9.35. The molecular weight excluding hydrogens is 374 g/mol. The molecule has 1 N–H and O–H groups in total. The van der Waals surface area contributed by atoms with E-state index >= 15 is 0 Å². The van der Waals surface area contributed by atoms with Crippen LogP contribution in [0.3, 0.4) is 0 Å². The van der Waals surface area contributed by atoms with Crippen LogP contribution in [-0.4, -0.2) is 15.5 Å². The van der Waals surface area contributed by atoms with Gasteiger partial charge in [-0.15, -0.1) is 11.3 Å². The molecule has 0 fully saturated rings. The fraction of sp³-hybridized carbons (Fsp3) is 0.286. The van der Waals surface area contributed by atoms with Crippen LogP contribution in [0, 0.1) is 6.92 Å². The van der Waals surface area contributed by atoms with E-state index < -0.39 is 0 Å². The first-order chi connectivity index (χ1) is 13.5. The lowest BCUT2D eigenvalue weighted by Crippen LogP contribution is -2.26. The van der Waals surface area contributed by atoms with Crippen molar-refractivity contribution in [3.8, 4) is 0 Å². The molecular formula is C21H19N3O3S. The molecule has 142 valence electrons. The number of furan rings is 1. The van der Waals surface area contributed by atoms with Crippen LogP contribution in [0.2, 0.25) is 0 Å². The molecule has 0 radical (unpaired) electrons. The summed E-state index contributed by atoms with van der Waals surface area (Å²) >= 11 is 1.29. The van der Waals surface area contributed by atoms with E-state index in [2.05, 4.69) is 10.3 Å². The number of nitrogens with one attached hydrogen (secondary N) is 1. The zero-order valence-electron chi connectivity index (χ0n) is 15.6. The molecule has 7 heteroatoms. The van der Waals surface area contributed by atoms with Crippen LogP contribution in [0.5, 0.6) is 0 Å². The second-order valence-corrected chi connectivity index (χ2v) is 8.21. The van der Waals surface area contributed by atoms with Crippen molar-refractivity contribution < 1.29 is 9.21 Å². The Kier molecular flexibility index (Phi) is 3.87. The molecule has 1 amide bonds. The largest absolute Gasteiger partial charge is 0.459 e. The lowest BCUT2D eigenvalue weighted by molar-refractivity contribution is 0.0939. The Hall–Kier alpha value is -2.93. The Labute approximate surface area is 164 Å². The summed E-state index contributed by atoms with van der Waals surface area (Å²) < 4.78 is 7.59. The Bertz CT molecular complexity index is 1260. The van der Waals surface area contributed by atoms with E-state index in [-0.39, 0.29) is 17.5 Å². The van der Waals surface area contributed by atoms with Gasteiger partial charge < -0.3 is 9.73 Å². The number of rotatable bonds is 3. The monoisotopic (exact) mass is 393 g/mol. The maximum atomic E-state index is 12.9. The molecule has 0 bridgehead atoms. The summed E-state index contributed by atoms with van der Waals surface area (Å²) in [5.41, 5.74) is 1.47. The minimum absolute atomic E-state index is 0.0318. The predicted molar refractivity (Wildman–Crippen MR) is 109 cm³/mol. The Balaban J connectivity index is 1.48. The molecule has 0 saturated carbocycles. The number of thiophene rings is 1. The topological polar surface area (TPSA) is 77.1 Å². The molecule has 5 rings (SSSR count). The van der Waals surface area contributed by atoms with Gasteiger partial charge in [-0.05, 0) is 38.0 Å². The highest BCUT2D eigenvalue weighted by Crippen LogP contribution is 2.30. The van der Waals surface area contributed by atoms with E-state index in [1.165, 1.54) is 11.3 Å². The van der Waals surface area contributed by atoms with Crippen LogP contribution in [0.4, 0.5) is 0 Å². The number of hydrogen-bond acceptors (Lipinski definition) is 5. The average molecular weight is 393 g/mol. The predicted octanol–water partition coefficient (Wildman–Crippen LogP) is 3.95. The molecule has 4 aromatic rings. The van der Waals surface area contributed by atoms with Crippen LogP contribution in [0.15, 0.2) is 39.5 Å². The Morgan fingerprint density at radius 2 is 2.18 bits per heavy atom. The number of para-hydroxylation sites is 1. The molecule has 3 aromatic heterocycles. The normalized spacial score (nSPS) is 14.5. The molecule has 0 aliphatic carbocycles. The number of benzene rings is 1. The van der Waals surface area contributed by atoms with Gasteiger partial charge in [0.25, 0.3) is 11.5 Å². The van der Waals surface area contributed by atoms with E-state index in [0.29, 0.717) is 33.0 Å². The van der Waals surface area contributed by atoms with Crippen LogP contribution < -0.4 is 10.9 Å². The first-order valence-corrected chi connectivity index (χ1v) is 10.2. The highest BCUT2D eigenvalue weighted by molar-refractivity contribution is 7.20. The SMILES string of the molecule is Cc1c(C(=O)NC(C)c2cc3ccccc3o2)sc2nc3n(c(=O)c12)CCC3. The van der Waals surface area contributed by atoms with Gasteiger partial charge in [0.15, 0.2) is 0 Å². The average Bonchev–Trinajstić information content (AvgIpc) is 3.38. The van der Waals surface area contributed by atoms with Gasteiger partial charge in [-0.1, -0.05) is 18.2 Å². The van der Waals surface area contributed by atoms with Crippen molar-refractivity contribution in [2.75, 3.05) is 0 Å². The zero-order chi connectivity index (χ0) is 19.4. The summed E-state index contributed by atoms with van der Waals surface area (Å²) in [6, 6.07) is 9.41. The summed E-state index contributed by atoms with van der Waals surface area (Å²) in [7, 11) is 0. The molecule has 4 heterocycles. The smallest absolute Gasteiger partial charge is 0.262 e. The summed E-state index contributed by atoms with van der Waals surface area (Å²) in [6.07, 6.45) is 1.76. The van der Waals surface area contributed by atoms with Crippen LogP contribution >= 0.6 is 11.3 Å². The number of nitrogens with zero attached hydrogens (tertiary/aromatic N) is 2. The van der Waals surface area contributed by atoms with Crippen molar-refractivity contribution >= 4 is 38.4 Å². The molecule has 1 aromatic carbocycles. The third-order valence-corrected chi connectivity index (χ3v) is 6.52. The summed E-state index contributed by atoms with van der Waals surface area (Å²) in [6.45, 7) is 4.42. The fourth-order valence-electron chi connectivity index (χ4n) is 3.84. The number of fused-ring (bicyclic) bond motifs is 3. The number of aryl methyl sites for hydroxylation is 2. The van der Waals surface area contributed by atoms with Gasteiger partial charge in [-0.3, -0.25) is 14.2 Å². The van der Waals surface area contributed by atoms with Crippen molar-refractivity contribution in [3.05, 3.63) is 62.7 Å². The molecule has 0 saturated heterocycles. The maximum absolute atomic E-state index is 12.9. The lowest BCUT2D eigenvalue weighted by atomic mass is 10.2. The van der Waals surface area contributed by atoms with Crippen LogP contribution in [-0.2, 0) is 13.0 Å². The minimum Gasteiger partial charge on any atom is -0.459 e. The molecule has 0 spiro atoms. The van der Waals surface area contributed by atoms with E-state index in [0.717, 1.165) is 29.6 Å². The van der Waals surface area contributed by atoms with Gasteiger partial charge in [0.05, 0.1) is 16.3 Å². The Morgan fingerprint density at radius 3 is 3.00 bits per heavy atom. The van der Waals surface area contributed by atoms with E-state index in [4.69, 9.17) is 4.42 Å². The number of carbonyl (C=O) groups excluding carboxylic acids is 1. The second-order valence-electron chi connectivity index (χ2n) is 7.21. The van der Waals surface area contributed by atoms with Crippen molar-refractivity contribution in [1.29, 1.82) is 0 Å². The second kappa shape index (κ2) is 6.31. The third kappa shape index (κ3) is 2.57. The quantitative estimate of drug-likeness (QED) is 0.572. The molecule has 1 aliphatic rings. The van der Waals surface area contributed by atoms with Crippen molar-refractivity contribution in [1.82, 2.24) is 14.9 Å². The molecule has 1 atom stereocenters. The molecule has 1 aliphatic heterocycles. The number of amides is 1. The van der Waals surface area contributed by atoms with Gasteiger partial charge in [-0.25, -0.2) is 4.98 Å². The van der Waals surface area contributed by atoms with Crippen LogP contribution in [0.25, 0.3) is 21.2 Å².